The van der Waals surface area contributed by atoms with Crippen molar-refractivity contribution in [3.05, 3.63) is 0 Å². The van der Waals surface area contributed by atoms with Crippen molar-refractivity contribution in [1.82, 2.24) is 9.80 Å². The van der Waals surface area contributed by atoms with Gasteiger partial charge in [0, 0.05) is 38.3 Å². The summed E-state index contributed by atoms with van der Waals surface area (Å²) in [6.07, 6.45) is 1.25. The Balaban J connectivity index is 1.74. The van der Waals surface area contributed by atoms with E-state index in [0.717, 1.165) is 52.6 Å². The highest BCUT2D eigenvalue weighted by Crippen LogP contribution is 2.14. The van der Waals surface area contributed by atoms with Crippen LogP contribution in [0.1, 0.15) is 20.3 Å². The molecule has 2 aliphatic rings. The fraction of sp³-hybridized carbons (Fsp3) is 1.00. The van der Waals surface area contributed by atoms with Crippen molar-refractivity contribution in [2.24, 2.45) is 0 Å². The second-order valence-electron chi connectivity index (χ2n) is 5.23. The van der Waals surface area contributed by atoms with Gasteiger partial charge in [0.1, 0.15) is 0 Å². The van der Waals surface area contributed by atoms with Crippen LogP contribution in [0.4, 0.5) is 0 Å². The lowest BCUT2D eigenvalue weighted by Crippen LogP contribution is -2.47. The number of hydrogen-bond acceptors (Lipinski definition) is 4. The fourth-order valence-corrected chi connectivity index (χ4v) is 2.83. The molecule has 2 unspecified atom stereocenters. The topological polar surface area (TPSA) is 24.9 Å². The van der Waals surface area contributed by atoms with Crippen LogP contribution in [0.5, 0.6) is 0 Å². The van der Waals surface area contributed by atoms with Gasteiger partial charge in [0.2, 0.25) is 0 Å². The summed E-state index contributed by atoms with van der Waals surface area (Å²) in [5, 5.41) is 0. The monoisotopic (exact) mass is 242 g/mol. The summed E-state index contributed by atoms with van der Waals surface area (Å²) in [5.74, 6) is 0. The molecule has 4 nitrogen and oxygen atoms in total. The van der Waals surface area contributed by atoms with Crippen LogP contribution >= 0.6 is 0 Å². The van der Waals surface area contributed by atoms with Gasteiger partial charge < -0.3 is 9.47 Å². The Morgan fingerprint density at radius 3 is 1.47 bits per heavy atom. The smallest absolute Gasteiger partial charge is 0.0594 e. The summed E-state index contributed by atoms with van der Waals surface area (Å²) in [4.78, 5) is 5.11. The first-order chi connectivity index (χ1) is 8.27. The summed E-state index contributed by atoms with van der Waals surface area (Å²) in [5.41, 5.74) is 0. The molecule has 0 aromatic rings. The van der Waals surface area contributed by atoms with Crippen LogP contribution in [0.15, 0.2) is 0 Å². The van der Waals surface area contributed by atoms with Gasteiger partial charge >= 0.3 is 0 Å². The predicted octanol–water partition coefficient (Wildman–Crippen LogP) is 0.818. The third-order valence-electron chi connectivity index (χ3n) is 4.02. The standard InChI is InChI=1S/C13H26N2O2/c1-12(14-3-7-16-8-4-14)11-13(2)15-5-9-17-10-6-15/h12-13H,3-11H2,1-2H3. The number of ether oxygens (including phenoxy) is 2. The third-order valence-corrected chi connectivity index (χ3v) is 4.02. The van der Waals surface area contributed by atoms with E-state index in [9.17, 15) is 0 Å². The molecule has 4 heteroatoms. The van der Waals surface area contributed by atoms with E-state index in [1.54, 1.807) is 0 Å². The molecule has 2 rings (SSSR count). The SMILES string of the molecule is CC(CC(C)N1CCOCC1)N1CCOCC1. The average molecular weight is 242 g/mol. The summed E-state index contributed by atoms with van der Waals surface area (Å²) < 4.78 is 10.8. The van der Waals surface area contributed by atoms with Crippen LogP contribution in [-0.2, 0) is 9.47 Å². The molecule has 0 spiro atoms. The second kappa shape index (κ2) is 6.69. The first-order valence-corrected chi connectivity index (χ1v) is 6.91. The van der Waals surface area contributed by atoms with Gasteiger partial charge in [-0.1, -0.05) is 0 Å². The highest BCUT2D eigenvalue weighted by Gasteiger charge is 2.23. The highest BCUT2D eigenvalue weighted by atomic mass is 16.5. The van der Waals surface area contributed by atoms with E-state index in [1.165, 1.54) is 6.42 Å². The molecule has 0 radical (unpaired) electrons. The summed E-state index contributed by atoms with van der Waals surface area (Å²) in [7, 11) is 0. The van der Waals surface area contributed by atoms with Gasteiger partial charge in [-0.25, -0.2) is 0 Å². The molecule has 0 aliphatic carbocycles. The van der Waals surface area contributed by atoms with Crippen molar-refractivity contribution >= 4 is 0 Å². The molecule has 2 saturated heterocycles. The van der Waals surface area contributed by atoms with Gasteiger partial charge in [-0.2, -0.15) is 0 Å². The number of morpholine rings is 2. The van der Waals surface area contributed by atoms with Crippen molar-refractivity contribution < 1.29 is 9.47 Å². The Hall–Kier alpha value is -0.160. The average Bonchev–Trinajstić information content (AvgIpc) is 2.40. The maximum absolute atomic E-state index is 5.40. The molecular formula is C13H26N2O2. The zero-order valence-corrected chi connectivity index (χ0v) is 11.2. The third kappa shape index (κ3) is 3.91. The number of rotatable bonds is 4. The van der Waals surface area contributed by atoms with Crippen molar-refractivity contribution in [2.45, 2.75) is 32.4 Å². The van der Waals surface area contributed by atoms with Crippen LogP contribution < -0.4 is 0 Å². The van der Waals surface area contributed by atoms with Crippen molar-refractivity contribution in [3.63, 3.8) is 0 Å². The normalized spacial score (nSPS) is 27.9. The van der Waals surface area contributed by atoms with E-state index in [1.807, 2.05) is 0 Å². The van der Waals surface area contributed by atoms with Gasteiger partial charge in [0.15, 0.2) is 0 Å². The molecule has 0 aromatic carbocycles. The molecule has 0 bridgehead atoms. The molecule has 0 amide bonds. The maximum atomic E-state index is 5.40. The lowest BCUT2D eigenvalue weighted by atomic mass is 10.1. The van der Waals surface area contributed by atoms with Crippen LogP contribution in [-0.4, -0.2) is 74.5 Å². The van der Waals surface area contributed by atoms with Gasteiger partial charge in [-0.3, -0.25) is 9.80 Å². The largest absolute Gasteiger partial charge is 0.379 e. The molecule has 17 heavy (non-hydrogen) atoms. The lowest BCUT2D eigenvalue weighted by molar-refractivity contribution is -0.00387. The predicted molar refractivity (Wildman–Crippen MR) is 68.3 cm³/mol. The van der Waals surface area contributed by atoms with Gasteiger partial charge in [-0.15, -0.1) is 0 Å². The Bertz CT molecular complexity index is 191. The minimum Gasteiger partial charge on any atom is -0.379 e. The van der Waals surface area contributed by atoms with E-state index in [0.29, 0.717) is 12.1 Å². The van der Waals surface area contributed by atoms with Crippen LogP contribution in [0.25, 0.3) is 0 Å². The first-order valence-electron chi connectivity index (χ1n) is 6.91. The van der Waals surface area contributed by atoms with E-state index < -0.39 is 0 Å². The van der Waals surface area contributed by atoms with Crippen LogP contribution in [0, 0.1) is 0 Å². The fourth-order valence-electron chi connectivity index (χ4n) is 2.83. The van der Waals surface area contributed by atoms with Crippen molar-refractivity contribution in [1.29, 1.82) is 0 Å². The molecule has 0 N–H and O–H groups in total. The molecule has 0 saturated carbocycles. The summed E-state index contributed by atoms with van der Waals surface area (Å²) >= 11 is 0. The number of hydrogen-bond donors (Lipinski definition) is 0. The molecule has 2 aliphatic heterocycles. The summed E-state index contributed by atoms with van der Waals surface area (Å²) in [6.45, 7) is 12.7. The van der Waals surface area contributed by atoms with Gasteiger partial charge in [0.25, 0.3) is 0 Å². The van der Waals surface area contributed by atoms with Crippen LogP contribution in [0.2, 0.25) is 0 Å². The first kappa shape index (κ1) is 13.3. The summed E-state index contributed by atoms with van der Waals surface area (Å²) in [6, 6.07) is 1.33. The zero-order chi connectivity index (χ0) is 12.1. The van der Waals surface area contributed by atoms with E-state index >= 15 is 0 Å². The number of nitrogens with zero attached hydrogens (tertiary/aromatic N) is 2. The molecular weight excluding hydrogens is 216 g/mol. The van der Waals surface area contributed by atoms with Crippen molar-refractivity contribution in [3.8, 4) is 0 Å². The maximum Gasteiger partial charge on any atom is 0.0594 e. The van der Waals surface area contributed by atoms with E-state index in [-0.39, 0.29) is 0 Å². The van der Waals surface area contributed by atoms with Gasteiger partial charge in [-0.05, 0) is 20.3 Å². The zero-order valence-electron chi connectivity index (χ0n) is 11.2. The Kier molecular flexibility index (Phi) is 5.22. The Labute approximate surface area is 105 Å². The van der Waals surface area contributed by atoms with E-state index in [4.69, 9.17) is 9.47 Å². The molecule has 2 heterocycles. The minimum atomic E-state index is 0.664. The lowest BCUT2D eigenvalue weighted by Gasteiger charge is -2.38. The van der Waals surface area contributed by atoms with Crippen molar-refractivity contribution in [2.75, 3.05) is 52.6 Å². The Morgan fingerprint density at radius 1 is 0.765 bits per heavy atom. The molecule has 0 aromatic heterocycles. The molecule has 2 fully saturated rings. The van der Waals surface area contributed by atoms with E-state index in [2.05, 4.69) is 23.6 Å². The van der Waals surface area contributed by atoms with Gasteiger partial charge in [0.05, 0.1) is 26.4 Å². The molecule has 2 atom stereocenters. The van der Waals surface area contributed by atoms with Crippen LogP contribution in [0.3, 0.4) is 0 Å². The second-order valence-corrected chi connectivity index (χ2v) is 5.23. The Morgan fingerprint density at radius 2 is 1.12 bits per heavy atom. The quantitative estimate of drug-likeness (QED) is 0.728. The molecule has 100 valence electrons. The highest BCUT2D eigenvalue weighted by molar-refractivity contribution is 4.77. The minimum absolute atomic E-state index is 0.664.